The van der Waals surface area contributed by atoms with E-state index in [9.17, 15) is 9.59 Å². The van der Waals surface area contributed by atoms with Crippen LogP contribution in [0.1, 0.15) is 31.9 Å². The third kappa shape index (κ3) is 3.01. The second kappa shape index (κ2) is 5.97. The summed E-state index contributed by atoms with van der Waals surface area (Å²) < 4.78 is 11.3. The molecule has 4 heteroatoms. The summed E-state index contributed by atoms with van der Waals surface area (Å²) in [7, 11) is 0. The minimum absolute atomic E-state index is 0.000642. The first-order valence-electron chi connectivity index (χ1n) is 6.44. The van der Waals surface area contributed by atoms with Gasteiger partial charge in [-0.25, -0.2) is 0 Å². The molecule has 0 N–H and O–H groups in total. The van der Waals surface area contributed by atoms with E-state index in [2.05, 4.69) is 0 Å². The zero-order chi connectivity index (χ0) is 13.8. The number of aldehydes is 1. The number of esters is 1. The van der Waals surface area contributed by atoms with Crippen LogP contribution in [0.5, 0.6) is 0 Å². The van der Waals surface area contributed by atoms with Crippen molar-refractivity contribution in [3.8, 4) is 0 Å². The number of hydrogen-bond acceptors (Lipinski definition) is 4. The summed E-state index contributed by atoms with van der Waals surface area (Å²) in [4.78, 5) is 21.9. The molecular formula is C15H18O4. The molecule has 1 fully saturated rings. The fraction of sp³-hybridized carbons (Fsp3) is 0.467. The highest BCUT2D eigenvalue weighted by Gasteiger charge is 2.44. The van der Waals surface area contributed by atoms with Gasteiger partial charge in [0, 0.05) is 19.3 Å². The molecule has 2 rings (SSSR count). The molecule has 4 nitrogen and oxygen atoms in total. The van der Waals surface area contributed by atoms with Crippen LogP contribution in [-0.2, 0) is 19.1 Å². The monoisotopic (exact) mass is 262 g/mol. The van der Waals surface area contributed by atoms with Crippen LogP contribution in [0.2, 0.25) is 0 Å². The van der Waals surface area contributed by atoms with E-state index in [1.807, 2.05) is 37.3 Å². The highest BCUT2D eigenvalue weighted by Crippen LogP contribution is 2.40. The molecule has 0 saturated carbocycles. The van der Waals surface area contributed by atoms with Crippen LogP contribution in [0.25, 0.3) is 0 Å². The van der Waals surface area contributed by atoms with Gasteiger partial charge in [0.05, 0.1) is 6.10 Å². The molecule has 4 atom stereocenters. The van der Waals surface area contributed by atoms with Gasteiger partial charge in [-0.2, -0.15) is 0 Å². The van der Waals surface area contributed by atoms with Gasteiger partial charge in [0.25, 0.3) is 0 Å². The molecule has 0 bridgehead atoms. The molecule has 0 spiro atoms. The highest BCUT2D eigenvalue weighted by atomic mass is 16.6. The largest absolute Gasteiger partial charge is 0.459 e. The molecule has 102 valence electrons. The number of ether oxygens (including phenoxy) is 2. The average Bonchev–Trinajstić information content (AvgIpc) is 2.69. The third-order valence-electron chi connectivity index (χ3n) is 3.48. The van der Waals surface area contributed by atoms with Crippen molar-refractivity contribution in [2.75, 3.05) is 0 Å². The Balaban J connectivity index is 2.23. The molecule has 0 aliphatic carbocycles. The predicted octanol–water partition coefficient (Wildman–Crippen LogP) is 2.28. The maximum Gasteiger partial charge on any atom is 0.303 e. The molecule has 1 aromatic carbocycles. The maximum absolute atomic E-state index is 11.2. The normalized spacial score (nSPS) is 30.0. The van der Waals surface area contributed by atoms with Crippen LogP contribution in [0.15, 0.2) is 30.3 Å². The van der Waals surface area contributed by atoms with E-state index in [1.54, 1.807) is 0 Å². The fourth-order valence-electron chi connectivity index (χ4n) is 2.51. The van der Waals surface area contributed by atoms with Crippen molar-refractivity contribution >= 4 is 12.3 Å². The Morgan fingerprint density at radius 2 is 2.05 bits per heavy atom. The smallest absolute Gasteiger partial charge is 0.303 e. The lowest BCUT2D eigenvalue weighted by Crippen LogP contribution is -2.27. The highest BCUT2D eigenvalue weighted by molar-refractivity contribution is 5.66. The lowest BCUT2D eigenvalue weighted by Gasteiger charge is -2.21. The molecule has 0 amide bonds. The van der Waals surface area contributed by atoms with Crippen molar-refractivity contribution < 1.29 is 19.1 Å². The number of hydrogen-bond donors (Lipinski definition) is 0. The SMILES string of the molecule is CC(=O)O[C@@H]1[C@@H](C)[C@H](CC=O)O[C@H]1c1ccccc1. The Morgan fingerprint density at radius 1 is 1.37 bits per heavy atom. The molecule has 1 heterocycles. The van der Waals surface area contributed by atoms with Crippen LogP contribution >= 0.6 is 0 Å². The van der Waals surface area contributed by atoms with Crippen LogP contribution in [0.3, 0.4) is 0 Å². The van der Waals surface area contributed by atoms with E-state index in [0.717, 1.165) is 11.8 Å². The second-order valence-corrected chi connectivity index (χ2v) is 4.84. The minimum Gasteiger partial charge on any atom is -0.459 e. The molecule has 0 unspecified atom stereocenters. The summed E-state index contributed by atoms with van der Waals surface area (Å²) in [5, 5.41) is 0. The van der Waals surface area contributed by atoms with E-state index in [1.165, 1.54) is 6.92 Å². The van der Waals surface area contributed by atoms with Gasteiger partial charge in [-0.05, 0) is 5.56 Å². The van der Waals surface area contributed by atoms with Gasteiger partial charge in [-0.15, -0.1) is 0 Å². The Labute approximate surface area is 112 Å². The van der Waals surface area contributed by atoms with Crippen molar-refractivity contribution in [2.45, 2.75) is 38.6 Å². The van der Waals surface area contributed by atoms with Crippen molar-refractivity contribution in [1.29, 1.82) is 0 Å². The fourth-order valence-corrected chi connectivity index (χ4v) is 2.51. The van der Waals surface area contributed by atoms with E-state index in [4.69, 9.17) is 9.47 Å². The van der Waals surface area contributed by atoms with Gasteiger partial charge < -0.3 is 14.3 Å². The first kappa shape index (κ1) is 13.7. The summed E-state index contributed by atoms with van der Waals surface area (Å²) in [5.41, 5.74) is 0.967. The molecular weight excluding hydrogens is 244 g/mol. The zero-order valence-electron chi connectivity index (χ0n) is 11.1. The zero-order valence-corrected chi connectivity index (χ0v) is 11.1. The molecule has 1 saturated heterocycles. The topological polar surface area (TPSA) is 52.6 Å². The van der Waals surface area contributed by atoms with Gasteiger partial charge in [-0.1, -0.05) is 37.3 Å². The van der Waals surface area contributed by atoms with Crippen LogP contribution < -0.4 is 0 Å². The van der Waals surface area contributed by atoms with E-state index in [0.29, 0.717) is 6.42 Å². The van der Waals surface area contributed by atoms with E-state index < -0.39 is 0 Å². The van der Waals surface area contributed by atoms with Crippen molar-refractivity contribution in [3.63, 3.8) is 0 Å². The Morgan fingerprint density at radius 3 is 2.63 bits per heavy atom. The Kier molecular flexibility index (Phi) is 4.32. The third-order valence-corrected chi connectivity index (χ3v) is 3.48. The summed E-state index contributed by atoms with van der Waals surface area (Å²) in [6.45, 7) is 3.34. The predicted molar refractivity (Wildman–Crippen MR) is 69.5 cm³/mol. The Bertz CT molecular complexity index is 443. The number of carbonyl (C=O) groups excluding carboxylic acids is 2. The Hall–Kier alpha value is -1.68. The first-order chi connectivity index (χ1) is 9.13. The number of benzene rings is 1. The molecule has 0 radical (unpaired) electrons. The van der Waals surface area contributed by atoms with Crippen molar-refractivity contribution in [1.82, 2.24) is 0 Å². The molecule has 1 aliphatic rings. The molecule has 1 aromatic rings. The van der Waals surface area contributed by atoms with Gasteiger partial charge in [0.1, 0.15) is 18.5 Å². The summed E-state index contributed by atoms with van der Waals surface area (Å²) in [6.07, 6.45) is 0.323. The molecule has 19 heavy (non-hydrogen) atoms. The van der Waals surface area contributed by atoms with Gasteiger partial charge in [0.15, 0.2) is 0 Å². The first-order valence-corrected chi connectivity index (χ1v) is 6.44. The van der Waals surface area contributed by atoms with Gasteiger partial charge in [-0.3, -0.25) is 4.79 Å². The standard InChI is InChI=1S/C15H18O4/c1-10-13(8-9-16)19-15(14(10)18-11(2)17)12-6-4-3-5-7-12/h3-7,9-10,13-15H,8H2,1-2H3/t10-,13-,14+,15-/m0/s1. The van der Waals surface area contributed by atoms with Crippen LogP contribution in [0.4, 0.5) is 0 Å². The number of carbonyl (C=O) groups is 2. The minimum atomic E-state index is -0.343. The molecule has 1 aliphatic heterocycles. The summed E-state index contributed by atoms with van der Waals surface area (Å²) >= 11 is 0. The maximum atomic E-state index is 11.2. The van der Waals surface area contributed by atoms with Crippen LogP contribution in [-0.4, -0.2) is 24.5 Å². The summed E-state index contributed by atoms with van der Waals surface area (Å²) in [6, 6.07) is 9.64. The van der Waals surface area contributed by atoms with Gasteiger partial charge in [0.2, 0.25) is 0 Å². The lowest BCUT2D eigenvalue weighted by molar-refractivity contribution is -0.150. The van der Waals surface area contributed by atoms with Gasteiger partial charge >= 0.3 is 5.97 Å². The van der Waals surface area contributed by atoms with Crippen molar-refractivity contribution in [3.05, 3.63) is 35.9 Å². The number of rotatable bonds is 4. The van der Waals surface area contributed by atoms with Crippen molar-refractivity contribution in [2.24, 2.45) is 5.92 Å². The van der Waals surface area contributed by atoms with E-state index >= 15 is 0 Å². The molecule has 0 aromatic heterocycles. The quantitative estimate of drug-likeness (QED) is 0.617. The second-order valence-electron chi connectivity index (χ2n) is 4.84. The van der Waals surface area contributed by atoms with Crippen LogP contribution in [0, 0.1) is 5.92 Å². The average molecular weight is 262 g/mol. The lowest BCUT2D eigenvalue weighted by atomic mass is 9.94. The summed E-state index contributed by atoms with van der Waals surface area (Å²) in [5.74, 6) is -0.326. The van der Waals surface area contributed by atoms with E-state index in [-0.39, 0.29) is 30.2 Å².